The number of hydrogen-bond acceptors (Lipinski definition) is 6. The molecule has 38 heavy (non-hydrogen) atoms. The molecule has 0 saturated heterocycles. The second-order valence-electron chi connectivity index (χ2n) is 8.58. The lowest BCUT2D eigenvalue weighted by Gasteiger charge is -2.17. The van der Waals surface area contributed by atoms with Crippen LogP contribution in [0.1, 0.15) is 36.3 Å². The van der Waals surface area contributed by atoms with Crippen molar-refractivity contribution in [2.24, 2.45) is 0 Å². The summed E-state index contributed by atoms with van der Waals surface area (Å²) in [7, 11) is 0. The number of ether oxygens (including phenoxy) is 2. The average Bonchev–Trinajstić information content (AvgIpc) is 3.33. The smallest absolute Gasteiger partial charge is 0.491 e. The molecule has 0 spiro atoms. The van der Waals surface area contributed by atoms with Crippen LogP contribution in [0.15, 0.2) is 79.1 Å². The Hall–Kier alpha value is -4.34. The molecule has 0 aliphatic heterocycles. The van der Waals surface area contributed by atoms with E-state index in [-0.39, 0.29) is 0 Å². The molecule has 10 heteroatoms. The summed E-state index contributed by atoms with van der Waals surface area (Å²) in [6.07, 6.45) is -0.515. The van der Waals surface area contributed by atoms with Crippen molar-refractivity contribution >= 4 is 28.7 Å². The number of nitrogens with zero attached hydrogens (tertiary/aromatic N) is 1. The Morgan fingerprint density at radius 1 is 1.00 bits per heavy atom. The van der Waals surface area contributed by atoms with Gasteiger partial charge < -0.3 is 19.8 Å². The number of carbonyl (C=O) groups excluding carboxylic acids is 2. The Morgan fingerprint density at radius 2 is 1.79 bits per heavy atom. The van der Waals surface area contributed by atoms with Crippen molar-refractivity contribution < 1.29 is 32.2 Å². The maximum absolute atomic E-state index is 12.6. The van der Waals surface area contributed by atoms with Gasteiger partial charge in [0.25, 0.3) is 0 Å². The third kappa shape index (κ3) is 7.12. The predicted octanol–water partition coefficient (Wildman–Crippen LogP) is 5.99. The molecule has 0 radical (unpaired) electrons. The average molecular weight is 526 g/mol. The molecule has 1 atom stereocenters. The van der Waals surface area contributed by atoms with Crippen molar-refractivity contribution in [3.63, 3.8) is 0 Å². The van der Waals surface area contributed by atoms with Crippen LogP contribution in [0.3, 0.4) is 0 Å². The van der Waals surface area contributed by atoms with Gasteiger partial charge in [-0.1, -0.05) is 36.4 Å². The number of carbonyl (C=O) groups is 2. The van der Waals surface area contributed by atoms with Gasteiger partial charge in [-0.15, -0.1) is 0 Å². The first-order valence-electron chi connectivity index (χ1n) is 12.1. The fraction of sp³-hybridized carbons (Fsp3) is 0.250. The SMILES string of the molecule is O=C(CC(c1ccccc1)c1c[nH]c2cc(OCCCCNc3ccccn3)ccc12)OC(=O)C(F)(F)F. The lowest BCUT2D eigenvalue weighted by molar-refractivity contribution is -0.201. The largest absolute Gasteiger partial charge is 0.494 e. The molecule has 4 rings (SSSR count). The highest BCUT2D eigenvalue weighted by atomic mass is 19.4. The van der Waals surface area contributed by atoms with Crippen molar-refractivity contribution in [1.82, 2.24) is 9.97 Å². The predicted molar refractivity (Wildman–Crippen MR) is 136 cm³/mol. The molecule has 2 N–H and O–H groups in total. The molecule has 2 aromatic carbocycles. The number of aromatic amines is 1. The Labute approximate surface area is 217 Å². The lowest BCUT2D eigenvalue weighted by atomic mass is 9.88. The van der Waals surface area contributed by atoms with Gasteiger partial charge in [0.15, 0.2) is 0 Å². The summed E-state index contributed by atoms with van der Waals surface area (Å²) < 4.78 is 47.6. The van der Waals surface area contributed by atoms with Gasteiger partial charge in [-0.2, -0.15) is 13.2 Å². The van der Waals surface area contributed by atoms with Crippen LogP contribution in [-0.2, 0) is 14.3 Å². The Morgan fingerprint density at radius 3 is 2.53 bits per heavy atom. The molecule has 0 saturated carbocycles. The van der Waals surface area contributed by atoms with Crippen LogP contribution in [0.4, 0.5) is 19.0 Å². The van der Waals surface area contributed by atoms with Crippen LogP contribution in [0.25, 0.3) is 10.9 Å². The van der Waals surface area contributed by atoms with Crippen molar-refractivity contribution in [1.29, 1.82) is 0 Å². The number of benzene rings is 2. The number of esters is 2. The third-order valence-corrected chi connectivity index (χ3v) is 5.88. The van der Waals surface area contributed by atoms with Crippen LogP contribution in [0, 0.1) is 0 Å². The van der Waals surface area contributed by atoms with Crippen molar-refractivity contribution in [3.8, 4) is 5.75 Å². The number of alkyl halides is 3. The van der Waals surface area contributed by atoms with E-state index in [1.54, 1.807) is 48.8 Å². The molecule has 0 amide bonds. The minimum absolute atomic E-state index is 0.441. The number of pyridine rings is 1. The fourth-order valence-corrected chi connectivity index (χ4v) is 4.07. The zero-order chi connectivity index (χ0) is 27.0. The highest BCUT2D eigenvalue weighted by molar-refractivity contribution is 5.90. The standard InChI is InChI=1S/C28H26F3N3O4/c29-28(30,31)27(36)38-26(35)17-22(19-8-2-1-3-9-19)23-18-34-24-16-20(11-12-21(23)24)37-15-7-6-14-33-25-10-4-5-13-32-25/h1-5,8-13,16,18,22,34H,6-7,14-15,17H2,(H,32,33). The van der Waals surface area contributed by atoms with Crippen molar-refractivity contribution in [2.45, 2.75) is 31.4 Å². The maximum atomic E-state index is 12.6. The Balaban J connectivity index is 1.40. The van der Waals surface area contributed by atoms with Gasteiger partial charge in [0.2, 0.25) is 0 Å². The molecule has 0 aliphatic carbocycles. The number of hydrogen-bond donors (Lipinski definition) is 2. The van der Waals surface area contributed by atoms with E-state index in [1.807, 2.05) is 30.3 Å². The van der Waals surface area contributed by atoms with Crippen molar-refractivity contribution in [2.75, 3.05) is 18.5 Å². The Bertz CT molecular complexity index is 1360. The lowest BCUT2D eigenvalue weighted by Crippen LogP contribution is -2.28. The fourth-order valence-electron chi connectivity index (χ4n) is 4.07. The van der Waals surface area contributed by atoms with Gasteiger partial charge in [0.1, 0.15) is 11.6 Å². The third-order valence-electron chi connectivity index (χ3n) is 5.88. The maximum Gasteiger partial charge on any atom is 0.491 e. The summed E-state index contributed by atoms with van der Waals surface area (Å²) in [5, 5.41) is 4.02. The van der Waals surface area contributed by atoms with E-state index in [0.29, 0.717) is 23.5 Å². The van der Waals surface area contributed by atoms with Crippen LogP contribution >= 0.6 is 0 Å². The minimum Gasteiger partial charge on any atom is -0.494 e. The second-order valence-corrected chi connectivity index (χ2v) is 8.58. The Kier molecular flexibility index (Phi) is 8.62. The number of unbranched alkanes of at least 4 members (excludes halogenated alkanes) is 1. The zero-order valence-electron chi connectivity index (χ0n) is 20.3. The topological polar surface area (TPSA) is 93.3 Å². The first kappa shape index (κ1) is 26.7. The van der Waals surface area contributed by atoms with Gasteiger partial charge in [-0.3, -0.25) is 4.79 Å². The first-order valence-corrected chi connectivity index (χ1v) is 12.1. The minimum atomic E-state index is -5.25. The molecule has 2 heterocycles. The number of nitrogens with one attached hydrogen (secondary N) is 2. The van der Waals surface area contributed by atoms with Crippen molar-refractivity contribution in [3.05, 3.63) is 90.3 Å². The summed E-state index contributed by atoms with van der Waals surface area (Å²) in [6, 6.07) is 20.0. The van der Waals surface area contributed by atoms with Gasteiger partial charge in [-0.25, -0.2) is 9.78 Å². The highest BCUT2D eigenvalue weighted by Crippen LogP contribution is 2.35. The van der Waals surface area contributed by atoms with E-state index in [0.717, 1.165) is 36.1 Å². The van der Waals surface area contributed by atoms with Crippen LogP contribution in [-0.4, -0.2) is 41.2 Å². The molecule has 1 unspecified atom stereocenters. The summed E-state index contributed by atoms with van der Waals surface area (Å²) in [6.45, 7) is 1.30. The van der Waals surface area contributed by atoms with E-state index in [1.165, 1.54) is 0 Å². The van der Waals surface area contributed by atoms with Gasteiger partial charge in [0.05, 0.1) is 13.0 Å². The van der Waals surface area contributed by atoms with Gasteiger partial charge >= 0.3 is 18.1 Å². The first-order chi connectivity index (χ1) is 18.3. The molecule has 0 fully saturated rings. The quantitative estimate of drug-likeness (QED) is 0.142. The molecule has 198 valence electrons. The molecule has 2 aromatic heterocycles. The summed E-state index contributed by atoms with van der Waals surface area (Å²) in [4.78, 5) is 30.8. The van der Waals surface area contributed by atoms with Crippen LogP contribution in [0.2, 0.25) is 0 Å². The molecule has 0 bridgehead atoms. The number of anilines is 1. The molecular weight excluding hydrogens is 499 g/mol. The molecule has 0 aliphatic rings. The van der Waals surface area contributed by atoms with E-state index in [2.05, 4.69) is 20.0 Å². The molecule has 7 nitrogen and oxygen atoms in total. The molecule has 4 aromatic rings. The zero-order valence-corrected chi connectivity index (χ0v) is 20.3. The summed E-state index contributed by atoms with van der Waals surface area (Å²) in [5.41, 5.74) is 2.13. The summed E-state index contributed by atoms with van der Waals surface area (Å²) in [5.74, 6) is -2.92. The highest BCUT2D eigenvalue weighted by Gasteiger charge is 2.42. The second kappa shape index (κ2) is 12.3. The number of fused-ring (bicyclic) bond motifs is 1. The number of aromatic nitrogens is 2. The number of H-pyrrole nitrogens is 1. The van der Waals surface area contributed by atoms with E-state index in [9.17, 15) is 22.8 Å². The van der Waals surface area contributed by atoms with E-state index < -0.39 is 30.5 Å². The van der Waals surface area contributed by atoms with Crippen LogP contribution < -0.4 is 10.1 Å². The monoisotopic (exact) mass is 525 g/mol. The van der Waals surface area contributed by atoms with Gasteiger partial charge in [0, 0.05) is 41.8 Å². The summed E-state index contributed by atoms with van der Waals surface area (Å²) >= 11 is 0. The van der Waals surface area contributed by atoms with E-state index >= 15 is 0 Å². The van der Waals surface area contributed by atoms with E-state index in [4.69, 9.17) is 4.74 Å². The van der Waals surface area contributed by atoms with Crippen LogP contribution in [0.5, 0.6) is 5.75 Å². The normalized spacial score (nSPS) is 12.2. The van der Waals surface area contributed by atoms with Gasteiger partial charge in [-0.05, 0) is 48.2 Å². The molecular formula is C28H26F3N3O4. The number of rotatable bonds is 11. The number of halogens is 3.